The van der Waals surface area contributed by atoms with Gasteiger partial charge < -0.3 is 10.1 Å². The Morgan fingerprint density at radius 1 is 1.20 bits per heavy atom. The average Bonchev–Trinajstić information content (AvgIpc) is 2.65. The topological polar surface area (TPSA) is 70.6 Å². The summed E-state index contributed by atoms with van der Waals surface area (Å²) in [5.74, 6) is 0.486. The molecule has 0 heterocycles. The van der Waals surface area contributed by atoms with Crippen molar-refractivity contribution in [3.63, 3.8) is 0 Å². The molecular formula is C19H20N2O3S. The van der Waals surface area contributed by atoms with Crippen molar-refractivity contribution in [1.82, 2.24) is 10.8 Å². The minimum Gasteiger partial charge on any atom is -0.489 e. The standard InChI is InChI=1S/C19H20N2O3S/c1-14(24-17-10-8-16(9-11-17)19(25)21-23)13-20-18(22)12-7-15-5-3-2-4-6-15/h2-12,14,23H,13H2,1H3,(H,20,22)(H,21,25)/b12-7+/t14-/m1/s1. The smallest absolute Gasteiger partial charge is 0.244 e. The molecule has 0 radical (unpaired) electrons. The predicted octanol–water partition coefficient (Wildman–Crippen LogP) is 2.94. The van der Waals surface area contributed by atoms with Gasteiger partial charge in [0.15, 0.2) is 0 Å². The highest BCUT2D eigenvalue weighted by Gasteiger charge is 2.06. The largest absolute Gasteiger partial charge is 0.489 e. The van der Waals surface area contributed by atoms with Crippen LogP contribution in [0, 0.1) is 0 Å². The summed E-state index contributed by atoms with van der Waals surface area (Å²) in [4.78, 5) is 12.1. The van der Waals surface area contributed by atoms with Gasteiger partial charge in [-0.25, -0.2) is 0 Å². The summed E-state index contributed by atoms with van der Waals surface area (Å²) in [6.45, 7) is 2.26. The highest BCUT2D eigenvalue weighted by atomic mass is 32.1. The first-order valence-electron chi connectivity index (χ1n) is 7.80. The molecule has 0 aliphatic carbocycles. The van der Waals surface area contributed by atoms with Gasteiger partial charge in [-0.05, 0) is 42.8 Å². The number of amides is 1. The summed E-state index contributed by atoms with van der Waals surface area (Å²) in [5, 5.41) is 11.6. The van der Waals surface area contributed by atoms with Crippen molar-refractivity contribution < 1.29 is 14.7 Å². The van der Waals surface area contributed by atoms with Gasteiger partial charge in [0.25, 0.3) is 0 Å². The van der Waals surface area contributed by atoms with Gasteiger partial charge in [-0.3, -0.25) is 15.5 Å². The molecule has 3 N–H and O–H groups in total. The second-order valence-electron chi connectivity index (χ2n) is 5.38. The van der Waals surface area contributed by atoms with Crippen molar-refractivity contribution in [3.05, 3.63) is 71.8 Å². The number of rotatable bonds is 7. The number of hydrogen-bond acceptors (Lipinski definition) is 4. The summed E-state index contributed by atoms with van der Waals surface area (Å²) in [7, 11) is 0. The maximum atomic E-state index is 11.8. The second kappa shape index (κ2) is 9.56. The van der Waals surface area contributed by atoms with Gasteiger partial charge in [-0.2, -0.15) is 0 Å². The molecule has 0 aliphatic heterocycles. The van der Waals surface area contributed by atoms with Crippen LogP contribution in [0.3, 0.4) is 0 Å². The number of carbonyl (C=O) groups is 1. The molecule has 25 heavy (non-hydrogen) atoms. The van der Waals surface area contributed by atoms with Crippen LogP contribution in [0.5, 0.6) is 5.75 Å². The normalized spacial score (nSPS) is 11.8. The fraction of sp³-hybridized carbons (Fsp3) is 0.158. The number of benzene rings is 2. The molecule has 1 atom stereocenters. The maximum absolute atomic E-state index is 11.8. The van der Waals surface area contributed by atoms with Gasteiger partial charge in [-0.15, -0.1) is 0 Å². The van der Waals surface area contributed by atoms with Crippen LogP contribution >= 0.6 is 12.2 Å². The van der Waals surface area contributed by atoms with E-state index in [1.54, 1.807) is 30.3 Å². The first-order chi connectivity index (χ1) is 12.1. The average molecular weight is 356 g/mol. The second-order valence-corrected chi connectivity index (χ2v) is 5.79. The van der Waals surface area contributed by atoms with Crippen LogP contribution in [0.4, 0.5) is 0 Å². The Bertz CT molecular complexity index is 730. The summed E-state index contributed by atoms with van der Waals surface area (Å²) in [5.41, 5.74) is 3.60. The minimum atomic E-state index is -0.192. The highest BCUT2D eigenvalue weighted by molar-refractivity contribution is 7.80. The number of thiocarbonyl (C=S) groups is 1. The van der Waals surface area contributed by atoms with Crippen molar-refractivity contribution >= 4 is 29.2 Å². The van der Waals surface area contributed by atoms with Gasteiger partial charge >= 0.3 is 0 Å². The fourth-order valence-electron chi connectivity index (χ4n) is 2.06. The molecule has 0 aliphatic rings. The first-order valence-corrected chi connectivity index (χ1v) is 8.21. The predicted molar refractivity (Wildman–Crippen MR) is 102 cm³/mol. The molecule has 0 saturated carbocycles. The zero-order chi connectivity index (χ0) is 18.1. The number of hydroxylamine groups is 1. The van der Waals surface area contributed by atoms with Crippen LogP contribution in [-0.4, -0.2) is 28.8 Å². The van der Waals surface area contributed by atoms with Gasteiger partial charge in [0.1, 0.15) is 16.8 Å². The molecule has 0 fully saturated rings. The van der Waals surface area contributed by atoms with Gasteiger partial charge in [-0.1, -0.05) is 42.5 Å². The van der Waals surface area contributed by atoms with E-state index in [2.05, 4.69) is 5.32 Å². The summed E-state index contributed by atoms with van der Waals surface area (Å²) < 4.78 is 5.73. The lowest BCUT2D eigenvalue weighted by Crippen LogP contribution is -2.32. The van der Waals surface area contributed by atoms with Crippen LogP contribution in [-0.2, 0) is 4.79 Å². The third kappa shape index (κ3) is 6.37. The van der Waals surface area contributed by atoms with E-state index >= 15 is 0 Å². The van der Waals surface area contributed by atoms with E-state index in [4.69, 9.17) is 22.2 Å². The lowest BCUT2D eigenvalue weighted by atomic mass is 10.2. The molecule has 130 valence electrons. The third-order valence-corrected chi connectivity index (χ3v) is 3.67. The third-order valence-electron chi connectivity index (χ3n) is 3.35. The molecule has 2 rings (SSSR count). The number of hydrogen-bond donors (Lipinski definition) is 3. The van der Waals surface area contributed by atoms with Crippen LogP contribution in [0.25, 0.3) is 6.08 Å². The molecule has 6 heteroatoms. The number of carbonyl (C=O) groups excluding carboxylic acids is 1. The molecule has 2 aromatic rings. The molecule has 5 nitrogen and oxygen atoms in total. The molecule has 1 amide bonds. The Labute approximate surface area is 152 Å². The van der Waals surface area contributed by atoms with Crippen molar-refractivity contribution in [1.29, 1.82) is 0 Å². The Morgan fingerprint density at radius 3 is 2.52 bits per heavy atom. The monoisotopic (exact) mass is 356 g/mol. The quantitative estimate of drug-likeness (QED) is 0.404. The van der Waals surface area contributed by atoms with Gasteiger partial charge in [0, 0.05) is 11.6 Å². The minimum absolute atomic E-state index is 0.172. The Kier molecular flexibility index (Phi) is 7.13. The van der Waals surface area contributed by atoms with Crippen LogP contribution < -0.4 is 15.5 Å². The summed E-state index contributed by atoms with van der Waals surface area (Å²) in [6.07, 6.45) is 3.07. The number of nitrogens with one attached hydrogen (secondary N) is 2. The van der Waals surface area contributed by atoms with E-state index in [0.29, 0.717) is 17.9 Å². The molecule has 0 unspecified atom stereocenters. The van der Waals surface area contributed by atoms with E-state index in [1.807, 2.05) is 42.7 Å². The highest BCUT2D eigenvalue weighted by Crippen LogP contribution is 2.14. The summed E-state index contributed by atoms with van der Waals surface area (Å²) in [6, 6.07) is 16.6. The van der Waals surface area contributed by atoms with Gasteiger partial charge in [0.05, 0.1) is 6.54 Å². The first kappa shape index (κ1) is 18.6. The van der Waals surface area contributed by atoms with Crippen molar-refractivity contribution in [3.8, 4) is 5.75 Å². The maximum Gasteiger partial charge on any atom is 0.244 e. The van der Waals surface area contributed by atoms with Crippen molar-refractivity contribution in [2.75, 3.05) is 6.54 Å². The molecular weight excluding hydrogens is 336 g/mol. The van der Waals surface area contributed by atoms with Crippen molar-refractivity contribution in [2.24, 2.45) is 0 Å². The Balaban J connectivity index is 1.78. The van der Waals surface area contributed by atoms with Crippen LogP contribution in [0.15, 0.2) is 60.7 Å². The van der Waals surface area contributed by atoms with Crippen LogP contribution in [0.1, 0.15) is 18.1 Å². The Hall–Kier alpha value is -2.70. The molecule has 0 bridgehead atoms. The molecule has 0 saturated heterocycles. The fourth-order valence-corrected chi connectivity index (χ4v) is 2.20. The van der Waals surface area contributed by atoms with E-state index in [-0.39, 0.29) is 17.0 Å². The van der Waals surface area contributed by atoms with E-state index in [0.717, 1.165) is 5.56 Å². The SMILES string of the molecule is C[C@H](CNC(=O)/C=C/c1ccccc1)Oc1ccc(C(=S)NO)cc1. The summed E-state index contributed by atoms with van der Waals surface area (Å²) >= 11 is 4.93. The zero-order valence-electron chi connectivity index (χ0n) is 13.8. The Morgan fingerprint density at radius 2 is 1.88 bits per heavy atom. The molecule has 0 spiro atoms. The molecule has 0 aromatic heterocycles. The van der Waals surface area contributed by atoms with E-state index in [9.17, 15) is 4.79 Å². The van der Waals surface area contributed by atoms with Crippen LogP contribution in [0.2, 0.25) is 0 Å². The number of ether oxygens (including phenoxy) is 1. The lowest BCUT2D eigenvalue weighted by molar-refractivity contribution is -0.116. The lowest BCUT2D eigenvalue weighted by Gasteiger charge is -2.15. The van der Waals surface area contributed by atoms with E-state index < -0.39 is 0 Å². The van der Waals surface area contributed by atoms with Crippen molar-refractivity contribution in [2.45, 2.75) is 13.0 Å². The van der Waals surface area contributed by atoms with E-state index in [1.165, 1.54) is 6.08 Å². The molecule has 2 aromatic carbocycles. The zero-order valence-corrected chi connectivity index (χ0v) is 14.6. The van der Waals surface area contributed by atoms with Gasteiger partial charge in [0.2, 0.25) is 5.91 Å².